The standard InChI is InChI=1S/C16H11F3N4/c17-10-4-6-11(7-5-10)22-14-8-15(21-9-20-14)23-16-12(18)2-1-3-13(16)19/h1-9H,(H2,20,21,22,23). The average Bonchev–Trinajstić information content (AvgIpc) is 2.54. The Morgan fingerprint density at radius 2 is 1.35 bits per heavy atom. The Morgan fingerprint density at radius 3 is 2.00 bits per heavy atom. The summed E-state index contributed by atoms with van der Waals surface area (Å²) in [7, 11) is 0. The quantitative estimate of drug-likeness (QED) is 0.750. The van der Waals surface area contributed by atoms with Crippen molar-refractivity contribution in [3.8, 4) is 0 Å². The van der Waals surface area contributed by atoms with E-state index in [1.54, 1.807) is 12.1 Å². The summed E-state index contributed by atoms with van der Waals surface area (Å²) in [5.74, 6) is -1.19. The molecule has 2 aromatic carbocycles. The van der Waals surface area contributed by atoms with Crippen molar-refractivity contribution in [1.29, 1.82) is 0 Å². The average molecular weight is 316 g/mol. The number of halogens is 3. The van der Waals surface area contributed by atoms with Gasteiger partial charge in [-0.15, -0.1) is 0 Å². The third-order valence-corrected chi connectivity index (χ3v) is 3.00. The van der Waals surface area contributed by atoms with E-state index in [2.05, 4.69) is 20.6 Å². The second-order valence-electron chi connectivity index (χ2n) is 4.64. The molecule has 0 atom stereocenters. The zero-order chi connectivity index (χ0) is 16.2. The molecule has 3 aromatic rings. The van der Waals surface area contributed by atoms with Crippen molar-refractivity contribution < 1.29 is 13.2 Å². The molecule has 0 aliphatic heterocycles. The van der Waals surface area contributed by atoms with E-state index >= 15 is 0 Å². The van der Waals surface area contributed by atoms with Crippen LogP contribution in [0.5, 0.6) is 0 Å². The number of hydrogen-bond donors (Lipinski definition) is 2. The fraction of sp³-hybridized carbons (Fsp3) is 0. The number of aromatic nitrogens is 2. The molecule has 23 heavy (non-hydrogen) atoms. The highest BCUT2D eigenvalue weighted by atomic mass is 19.1. The van der Waals surface area contributed by atoms with E-state index in [1.165, 1.54) is 30.6 Å². The molecule has 0 aliphatic rings. The van der Waals surface area contributed by atoms with Gasteiger partial charge in [-0.25, -0.2) is 23.1 Å². The van der Waals surface area contributed by atoms with Crippen molar-refractivity contribution in [2.45, 2.75) is 0 Å². The minimum absolute atomic E-state index is 0.216. The Balaban J connectivity index is 1.81. The second kappa shape index (κ2) is 6.35. The molecule has 1 aromatic heterocycles. The first-order valence-corrected chi connectivity index (χ1v) is 6.67. The number of anilines is 4. The molecule has 0 fully saturated rings. The molecule has 0 amide bonds. The third kappa shape index (κ3) is 3.57. The highest BCUT2D eigenvalue weighted by Crippen LogP contribution is 2.23. The van der Waals surface area contributed by atoms with E-state index in [9.17, 15) is 13.2 Å². The number of nitrogens with one attached hydrogen (secondary N) is 2. The molecule has 3 rings (SSSR count). The van der Waals surface area contributed by atoms with E-state index in [-0.39, 0.29) is 17.3 Å². The predicted octanol–water partition coefficient (Wildman–Crippen LogP) is 4.38. The minimum atomic E-state index is -0.725. The van der Waals surface area contributed by atoms with Crippen LogP contribution < -0.4 is 10.6 Å². The summed E-state index contributed by atoms with van der Waals surface area (Å²) < 4.78 is 40.1. The molecule has 0 saturated carbocycles. The van der Waals surface area contributed by atoms with Crippen LogP contribution in [-0.2, 0) is 0 Å². The van der Waals surface area contributed by atoms with Gasteiger partial charge in [-0.3, -0.25) is 0 Å². The Hall–Kier alpha value is -3.09. The zero-order valence-corrected chi connectivity index (χ0v) is 11.7. The monoisotopic (exact) mass is 316 g/mol. The first-order valence-electron chi connectivity index (χ1n) is 6.67. The van der Waals surface area contributed by atoms with E-state index in [0.717, 1.165) is 12.1 Å². The van der Waals surface area contributed by atoms with Crippen molar-refractivity contribution in [1.82, 2.24) is 9.97 Å². The summed E-state index contributed by atoms with van der Waals surface area (Å²) in [4.78, 5) is 7.92. The van der Waals surface area contributed by atoms with Gasteiger partial charge in [-0.2, -0.15) is 0 Å². The summed E-state index contributed by atoms with van der Waals surface area (Å²) in [6.07, 6.45) is 1.24. The van der Waals surface area contributed by atoms with Gasteiger partial charge in [0.2, 0.25) is 0 Å². The topological polar surface area (TPSA) is 49.8 Å². The van der Waals surface area contributed by atoms with Gasteiger partial charge in [0.1, 0.15) is 41.1 Å². The summed E-state index contributed by atoms with van der Waals surface area (Å²) in [6, 6.07) is 10.7. The largest absolute Gasteiger partial charge is 0.340 e. The van der Waals surface area contributed by atoms with E-state index < -0.39 is 11.6 Å². The van der Waals surface area contributed by atoms with Crippen LogP contribution >= 0.6 is 0 Å². The van der Waals surface area contributed by atoms with E-state index in [4.69, 9.17) is 0 Å². The Morgan fingerprint density at radius 1 is 0.739 bits per heavy atom. The molecule has 0 radical (unpaired) electrons. The van der Waals surface area contributed by atoms with Gasteiger partial charge in [0.15, 0.2) is 0 Å². The molecule has 0 saturated heterocycles. The maximum atomic E-state index is 13.6. The van der Waals surface area contributed by atoms with Crippen LogP contribution in [0.3, 0.4) is 0 Å². The van der Waals surface area contributed by atoms with Crippen molar-refractivity contribution in [2.24, 2.45) is 0 Å². The fourth-order valence-corrected chi connectivity index (χ4v) is 1.92. The molecule has 0 unspecified atom stereocenters. The number of nitrogens with zero attached hydrogens (tertiary/aromatic N) is 2. The highest BCUT2D eigenvalue weighted by molar-refractivity contribution is 5.63. The molecule has 2 N–H and O–H groups in total. The van der Waals surface area contributed by atoms with Crippen molar-refractivity contribution in [2.75, 3.05) is 10.6 Å². The van der Waals surface area contributed by atoms with Crippen LogP contribution in [0.4, 0.5) is 36.2 Å². The van der Waals surface area contributed by atoms with E-state index in [0.29, 0.717) is 11.5 Å². The smallest absolute Gasteiger partial charge is 0.149 e. The molecular formula is C16H11F3N4. The Bertz CT molecular complexity index is 802. The van der Waals surface area contributed by atoms with E-state index in [1.807, 2.05) is 0 Å². The summed E-state index contributed by atoms with van der Waals surface area (Å²) >= 11 is 0. The molecule has 116 valence electrons. The Labute approximate surface area is 130 Å². The van der Waals surface area contributed by atoms with Crippen molar-refractivity contribution in [3.63, 3.8) is 0 Å². The fourth-order valence-electron chi connectivity index (χ4n) is 1.92. The summed E-state index contributed by atoms with van der Waals surface area (Å²) in [6.45, 7) is 0. The van der Waals surface area contributed by atoms with Crippen LogP contribution in [0.2, 0.25) is 0 Å². The molecule has 1 heterocycles. The van der Waals surface area contributed by atoms with Crippen LogP contribution in [0, 0.1) is 17.5 Å². The van der Waals surface area contributed by atoms with Gasteiger partial charge in [-0.05, 0) is 36.4 Å². The number of hydrogen-bond acceptors (Lipinski definition) is 4. The predicted molar refractivity (Wildman–Crippen MR) is 81.4 cm³/mol. The van der Waals surface area contributed by atoms with Gasteiger partial charge in [-0.1, -0.05) is 6.07 Å². The second-order valence-corrected chi connectivity index (χ2v) is 4.64. The maximum Gasteiger partial charge on any atom is 0.149 e. The molecule has 7 heteroatoms. The molecule has 0 spiro atoms. The van der Waals surface area contributed by atoms with Gasteiger partial charge in [0.05, 0.1) is 0 Å². The summed E-state index contributed by atoms with van der Waals surface area (Å²) in [5, 5.41) is 5.52. The minimum Gasteiger partial charge on any atom is -0.340 e. The first kappa shape index (κ1) is 14.8. The van der Waals surface area contributed by atoms with Crippen LogP contribution in [0.25, 0.3) is 0 Å². The number of rotatable bonds is 4. The SMILES string of the molecule is Fc1ccc(Nc2cc(Nc3c(F)cccc3F)ncn2)cc1. The highest BCUT2D eigenvalue weighted by Gasteiger charge is 2.09. The molecular weight excluding hydrogens is 305 g/mol. The van der Waals surface area contributed by atoms with Crippen LogP contribution in [0.15, 0.2) is 54.9 Å². The Kier molecular flexibility index (Phi) is 4.09. The molecule has 0 bridgehead atoms. The normalized spacial score (nSPS) is 10.4. The van der Waals surface area contributed by atoms with Crippen molar-refractivity contribution in [3.05, 3.63) is 72.3 Å². The van der Waals surface area contributed by atoms with Gasteiger partial charge < -0.3 is 10.6 Å². The lowest BCUT2D eigenvalue weighted by molar-refractivity contribution is 0.590. The molecule has 0 aliphatic carbocycles. The maximum absolute atomic E-state index is 13.6. The van der Waals surface area contributed by atoms with Gasteiger partial charge in [0, 0.05) is 11.8 Å². The third-order valence-electron chi connectivity index (χ3n) is 3.00. The summed E-state index contributed by atoms with van der Waals surface area (Å²) in [5.41, 5.74) is 0.326. The lowest BCUT2D eigenvalue weighted by Gasteiger charge is -2.10. The lowest BCUT2D eigenvalue weighted by atomic mass is 10.3. The van der Waals surface area contributed by atoms with Crippen molar-refractivity contribution >= 4 is 23.0 Å². The first-order chi connectivity index (χ1) is 11.1. The van der Waals surface area contributed by atoms with Gasteiger partial charge in [0.25, 0.3) is 0 Å². The van der Waals surface area contributed by atoms with Crippen LogP contribution in [0.1, 0.15) is 0 Å². The number of para-hydroxylation sites is 1. The van der Waals surface area contributed by atoms with Gasteiger partial charge >= 0.3 is 0 Å². The molecule has 4 nitrogen and oxygen atoms in total. The lowest BCUT2D eigenvalue weighted by Crippen LogP contribution is -2.01. The number of benzene rings is 2. The zero-order valence-electron chi connectivity index (χ0n) is 11.7. The van der Waals surface area contributed by atoms with Crippen LogP contribution in [-0.4, -0.2) is 9.97 Å².